The first kappa shape index (κ1) is 15.2. The van der Waals surface area contributed by atoms with Gasteiger partial charge in [-0.2, -0.15) is 8.78 Å². The van der Waals surface area contributed by atoms with Crippen molar-refractivity contribution < 1.29 is 13.5 Å². The van der Waals surface area contributed by atoms with Crippen molar-refractivity contribution in [2.24, 2.45) is 0 Å². The summed E-state index contributed by atoms with van der Waals surface area (Å²) in [7, 11) is 0. The molecule has 0 aliphatic heterocycles. The zero-order valence-electron chi connectivity index (χ0n) is 12.3. The number of nitrogens with zero attached hydrogens (tertiary/aromatic N) is 1. The molecule has 0 amide bonds. The van der Waals surface area contributed by atoms with Gasteiger partial charge in [-0.05, 0) is 42.0 Å². The molecule has 0 saturated carbocycles. The van der Waals surface area contributed by atoms with Crippen LogP contribution in [-0.4, -0.2) is 4.98 Å². The lowest BCUT2D eigenvalue weighted by atomic mass is 10.0. The minimum absolute atomic E-state index is 0.0856. The van der Waals surface area contributed by atoms with E-state index in [1.165, 1.54) is 36.7 Å². The van der Waals surface area contributed by atoms with E-state index >= 15 is 0 Å². The van der Waals surface area contributed by atoms with E-state index in [0.717, 1.165) is 5.56 Å². The average molecular weight is 311 g/mol. The zero-order valence-corrected chi connectivity index (χ0v) is 12.3. The van der Waals surface area contributed by atoms with Crippen molar-refractivity contribution in [1.82, 2.24) is 4.98 Å². The topological polar surface area (TPSA) is 22.1 Å². The number of alkyl halides is 2. The van der Waals surface area contributed by atoms with Crippen molar-refractivity contribution in [3.8, 4) is 5.75 Å². The lowest BCUT2D eigenvalue weighted by Crippen LogP contribution is -2.15. The molecule has 0 radical (unpaired) electrons. The van der Waals surface area contributed by atoms with Gasteiger partial charge in [0.05, 0.1) is 0 Å². The molecule has 0 aliphatic carbocycles. The Balaban J connectivity index is 1.72. The lowest BCUT2D eigenvalue weighted by Gasteiger charge is -2.17. The summed E-state index contributed by atoms with van der Waals surface area (Å²) in [5.41, 5.74) is 0.813. The third-order valence-electron chi connectivity index (χ3n) is 3.49. The van der Waals surface area contributed by atoms with Gasteiger partial charge in [-0.15, -0.1) is 0 Å². The quantitative estimate of drug-likeness (QED) is 0.675. The number of hydrogen-bond donors (Lipinski definition) is 0. The predicted molar refractivity (Wildman–Crippen MR) is 84.4 cm³/mol. The third kappa shape index (κ3) is 3.54. The largest absolute Gasteiger partial charge is 0.489 e. The monoisotopic (exact) mass is 311 g/mol. The second kappa shape index (κ2) is 6.57. The molecule has 0 unspecified atom stereocenters. The van der Waals surface area contributed by atoms with Gasteiger partial charge in [-0.1, -0.05) is 30.3 Å². The van der Waals surface area contributed by atoms with E-state index in [1.54, 1.807) is 12.1 Å². The Morgan fingerprint density at radius 2 is 1.57 bits per heavy atom. The Kier molecular flexibility index (Phi) is 4.33. The van der Waals surface area contributed by atoms with Gasteiger partial charge < -0.3 is 4.74 Å². The Morgan fingerprint density at radius 1 is 0.826 bits per heavy atom. The molecule has 4 heteroatoms. The highest BCUT2D eigenvalue weighted by Gasteiger charge is 2.34. The summed E-state index contributed by atoms with van der Waals surface area (Å²) in [6.45, 7) is 0.402. The molecule has 1 heterocycles. The van der Waals surface area contributed by atoms with Crippen molar-refractivity contribution in [1.29, 1.82) is 0 Å². The van der Waals surface area contributed by atoms with Gasteiger partial charge in [-0.25, -0.2) is 0 Å². The van der Waals surface area contributed by atoms with Crippen LogP contribution in [-0.2, 0) is 12.5 Å². The van der Waals surface area contributed by atoms with Crippen LogP contribution in [0.4, 0.5) is 8.78 Å². The molecule has 0 aliphatic rings. The van der Waals surface area contributed by atoms with Crippen LogP contribution in [0, 0.1) is 0 Å². The maximum Gasteiger partial charge on any atom is 0.299 e. The SMILES string of the molecule is FC(F)(c1ccc(OCc2ccccc2)cc1)c1cccnc1. The van der Waals surface area contributed by atoms with Gasteiger partial charge in [0.1, 0.15) is 12.4 Å². The van der Waals surface area contributed by atoms with Gasteiger partial charge in [0.15, 0.2) is 0 Å². The van der Waals surface area contributed by atoms with E-state index in [4.69, 9.17) is 4.74 Å². The molecule has 0 saturated heterocycles. The summed E-state index contributed by atoms with van der Waals surface area (Å²) in [6.07, 6.45) is 2.65. The van der Waals surface area contributed by atoms with Crippen molar-refractivity contribution in [2.45, 2.75) is 12.5 Å². The smallest absolute Gasteiger partial charge is 0.299 e. The highest BCUT2D eigenvalue weighted by atomic mass is 19.3. The molecular formula is C19H15F2NO. The van der Waals surface area contributed by atoms with Crippen LogP contribution in [0.3, 0.4) is 0 Å². The highest BCUT2D eigenvalue weighted by molar-refractivity contribution is 5.35. The predicted octanol–water partition coefficient (Wildman–Crippen LogP) is 4.80. The first-order valence-electron chi connectivity index (χ1n) is 7.22. The van der Waals surface area contributed by atoms with E-state index < -0.39 is 5.92 Å². The molecule has 0 fully saturated rings. The van der Waals surface area contributed by atoms with Crippen LogP contribution in [0.25, 0.3) is 0 Å². The normalized spacial score (nSPS) is 11.2. The Bertz CT molecular complexity index is 743. The molecule has 1 aromatic heterocycles. The van der Waals surface area contributed by atoms with E-state index in [1.807, 2.05) is 30.3 Å². The summed E-state index contributed by atoms with van der Waals surface area (Å²) in [5.74, 6) is -2.52. The van der Waals surface area contributed by atoms with E-state index in [0.29, 0.717) is 12.4 Å². The van der Waals surface area contributed by atoms with E-state index in [9.17, 15) is 8.78 Å². The van der Waals surface area contributed by atoms with Crippen LogP contribution in [0.2, 0.25) is 0 Å². The number of aromatic nitrogens is 1. The molecule has 3 rings (SSSR count). The molecule has 0 bridgehead atoms. The number of benzene rings is 2. The molecule has 0 spiro atoms. The molecule has 23 heavy (non-hydrogen) atoms. The zero-order chi connectivity index (χ0) is 16.1. The Hall–Kier alpha value is -2.75. The van der Waals surface area contributed by atoms with Crippen LogP contribution >= 0.6 is 0 Å². The second-order valence-corrected chi connectivity index (χ2v) is 5.11. The molecule has 0 atom stereocenters. The minimum atomic E-state index is -3.08. The van der Waals surface area contributed by atoms with Gasteiger partial charge in [0.25, 0.3) is 5.92 Å². The second-order valence-electron chi connectivity index (χ2n) is 5.11. The lowest BCUT2D eigenvalue weighted by molar-refractivity contribution is 0.0424. The third-order valence-corrected chi connectivity index (χ3v) is 3.49. The Morgan fingerprint density at radius 3 is 2.22 bits per heavy atom. The molecule has 3 aromatic rings. The molecule has 2 nitrogen and oxygen atoms in total. The van der Waals surface area contributed by atoms with E-state index in [-0.39, 0.29) is 11.1 Å². The Labute approximate surface area is 133 Å². The van der Waals surface area contributed by atoms with Gasteiger partial charge in [0.2, 0.25) is 0 Å². The number of rotatable bonds is 5. The maximum atomic E-state index is 14.4. The van der Waals surface area contributed by atoms with Crippen molar-refractivity contribution in [3.63, 3.8) is 0 Å². The molecule has 2 aromatic carbocycles. The first-order chi connectivity index (χ1) is 11.2. The number of ether oxygens (including phenoxy) is 1. The highest BCUT2D eigenvalue weighted by Crippen LogP contribution is 2.35. The van der Waals surface area contributed by atoms with Crippen molar-refractivity contribution >= 4 is 0 Å². The number of pyridine rings is 1. The van der Waals surface area contributed by atoms with Crippen LogP contribution in [0.15, 0.2) is 79.1 Å². The molecule has 116 valence electrons. The fourth-order valence-corrected chi connectivity index (χ4v) is 2.22. The van der Waals surface area contributed by atoms with Gasteiger partial charge >= 0.3 is 0 Å². The van der Waals surface area contributed by atoms with Gasteiger partial charge in [-0.3, -0.25) is 4.98 Å². The van der Waals surface area contributed by atoms with Gasteiger partial charge in [0, 0.05) is 23.5 Å². The number of hydrogen-bond acceptors (Lipinski definition) is 2. The molecular weight excluding hydrogens is 296 g/mol. The van der Waals surface area contributed by atoms with Crippen LogP contribution in [0.5, 0.6) is 5.75 Å². The van der Waals surface area contributed by atoms with Crippen LogP contribution in [0.1, 0.15) is 16.7 Å². The first-order valence-corrected chi connectivity index (χ1v) is 7.22. The summed E-state index contributed by atoms with van der Waals surface area (Å²) >= 11 is 0. The summed E-state index contributed by atoms with van der Waals surface area (Å²) in [4.78, 5) is 3.75. The maximum absolute atomic E-state index is 14.4. The van der Waals surface area contributed by atoms with Crippen molar-refractivity contribution in [3.05, 3.63) is 95.8 Å². The number of halogens is 2. The van der Waals surface area contributed by atoms with Crippen LogP contribution < -0.4 is 4.74 Å². The fraction of sp³-hybridized carbons (Fsp3) is 0.105. The van der Waals surface area contributed by atoms with E-state index in [2.05, 4.69) is 4.98 Å². The summed E-state index contributed by atoms with van der Waals surface area (Å²) < 4.78 is 34.4. The molecule has 0 N–H and O–H groups in total. The summed E-state index contributed by atoms with van der Waals surface area (Å²) in [5, 5.41) is 0. The standard InChI is InChI=1S/C19H15F2NO/c20-19(21,17-7-4-12-22-13-17)16-8-10-18(11-9-16)23-14-15-5-2-1-3-6-15/h1-13H,14H2. The van der Waals surface area contributed by atoms with Crippen molar-refractivity contribution in [2.75, 3.05) is 0 Å². The fourth-order valence-electron chi connectivity index (χ4n) is 2.22. The minimum Gasteiger partial charge on any atom is -0.489 e. The summed E-state index contributed by atoms with van der Waals surface area (Å²) in [6, 6.07) is 18.4. The average Bonchev–Trinajstić information content (AvgIpc) is 2.62.